The molecule has 4 heteroatoms. The van der Waals surface area contributed by atoms with Crippen molar-refractivity contribution >= 4 is 21.9 Å². The van der Waals surface area contributed by atoms with Crippen molar-refractivity contribution in [3.8, 4) is 67.5 Å². The fourth-order valence-corrected chi connectivity index (χ4v) is 9.71. The maximum Gasteiger partial charge on any atom is 0.164 e. The fourth-order valence-electron chi connectivity index (χ4n) is 9.71. The Labute approximate surface area is 359 Å². The Morgan fingerprint density at radius 3 is 1.53 bits per heavy atom. The minimum Gasteiger partial charge on any atom is -0.456 e. The Kier molecular flexibility index (Phi) is 8.36. The molecule has 12 rings (SSSR count). The number of nitrogens with zero attached hydrogens (tertiary/aromatic N) is 3. The summed E-state index contributed by atoms with van der Waals surface area (Å²) in [6, 6.07) is 79.1. The highest BCUT2D eigenvalue weighted by molar-refractivity contribution is 6.13. The SMILES string of the molecule is c1ccc(-c2ccc(-c3nc(-c4ccc5c(c4)oc4cccc(-c6ccccc6)c45)nc(-c4cccc5c4C(c4ccccc4)(c4ccccc4)c4ccccc4-5)n3)cc2)cc1. The summed E-state index contributed by atoms with van der Waals surface area (Å²) < 4.78 is 6.61. The Hall–Kier alpha value is -8.21. The van der Waals surface area contributed by atoms with Crippen molar-refractivity contribution in [2.24, 2.45) is 0 Å². The third-order valence-corrected chi connectivity index (χ3v) is 12.4. The molecule has 0 radical (unpaired) electrons. The maximum atomic E-state index is 6.61. The summed E-state index contributed by atoms with van der Waals surface area (Å²) in [7, 11) is 0. The van der Waals surface area contributed by atoms with E-state index in [0.29, 0.717) is 17.5 Å². The first-order valence-corrected chi connectivity index (χ1v) is 21.0. The average Bonchev–Trinajstić information content (AvgIpc) is 3.89. The molecule has 4 nitrogen and oxygen atoms in total. The van der Waals surface area contributed by atoms with Crippen molar-refractivity contribution in [1.82, 2.24) is 15.0 Å². The van der Waals surface area contributed by atoms with E-state index in [2.05, 4.69) is 206 Å². The zero-order valence-corrected chi connectivity index (χ0v) is 33.6. The van der Waals surface area contributed by atoms with Crippen LogP contribution in [0.1, 0.15) is 22.3 Å². The van der Waals surface area contributed by atoms with Crippen LogP contribution in [0.15, 0.2) is 229 Å². The Morgan fingerprint density at radius 1 is 0.323 bits per heavy atom. The van der Waals surface area contributed by atoms with Crippen LogP contribution in [0.3, 0.4) is 0 Å². The van der Waals surface area contributed by atoms with Crippen LogP contribution in [-0.4, -0.2) is 15.0 Å². The second-order valence-corrected chi connectivity index (χ2v) is 15.9. The Balaban J connectivity index is 1.10. The number of hydrogen-bond donors (Lipinski definition) is 0. The van der Waals surface area contributed by atoms with Gasteiger partial charge >= 0.3 is 0 Å². The van der Waals surface area contributed by atoms with E-state index in [1.54, 1.807) is 0 Å². The number of furan rings is 1. The molecule has 1 aliphatic carbocycles. The summed E-state index contributed by atoms with van der Waals surface area (Å²) in [5, 5.41) is 2.14. The lowest BCUT2D eigenvalue weighted by Gasteiger charge is -2.35. The third-order valence-electron chi connectivity index (χ3n) is 12.4. The molecular weight excluding hydrogens is 755 g/mol. The smallest absolute Gasteiger partial charge is 0.164 e. The van der Waals surface area contributed by atoms with Crippen molar-refractivity contribution in [3.05, 3.63) is 247 Å². The number of fused-ring (bicyclic) bond motifs is 6. The van der Waals surface area contributed by atoms with E-state index in [9.17, 15) is 0 Å². The van der Waals surface area contributed by atoms with Gasteiger partial charge in [0.05, 0.1) is 5.41 Å². The molecule has 1 aliphatic rings. The number of rotatable bonds is 7. The van der Waals surface area contributed by atoms with Crippen LogP contribution in [0.25, 0.3) is 89.5 Å². The summed E-state index contributed by atoms with van der Waals surface area (Å²) in [6.45, 7) is 0. The zero-order valence-electron chi connectivity index (χ0n) is 33.6. The molecule has 290 valence electrons. The molecule has 11 aromatic rings. The van der Waals surface area contributed by atoms with Gasteiger partial charge in [-0.05, 0) is 73.8 Å². The quantitative estimate of drug-likeness (QED) is 0.161. The Morgan fingerprint density at radius 2 is 0.823 bits per heavy atom. The van der Waals surface area contributed by atoms with Gasteiger partial charge in [0, 0.05) is 27.5 Å². The minimum absolute atomic E-state index is 0.570. The molecule has 0 amide bonds. The van der Waals surface area contributed by atoms with Gasteiger partial charge in [-0.15, -0.1) is 0 Å². The number of hydrogen-bond acceptors (Lipinski definition) is 4. The number of benzene rings is 9. The van der Waals surface area contributed by atoms with Crippen LogP contribution >= 0.6 is 0 Å². The first-order valence-electron chi connectivity index (χ1n) is 21.0. The molecule has 0 saturated heterocycles. The molecule has 62 heavy (non-hydrogen) atoms. The molecule has 0 spiro atoms. The van der Waals surface area contributed by atoms with Crippen molar-refractivity contribution in [2.75, 3.05) is 0 Å². The van der Waals surface area contributed by atoms with E-state index in [-0.39, 0.29) is 0 Å². The van der Waals surface area contributed by atoms with Gasteiger partial charge in [0.25, 0.3) is 0 Å². The predicted octanol–water partition coefficient (Wildman–Crippen LogP) is 14.5. The van der Waals surface area contributed by atoms with Crippen molar-refractivity contribution < 1.29 is 4.42 Å². The molecule has 0 aliphatic heterocycles. The summed E-state index contributed by atoms with van der Waals surface area (Å²) in [5.41, 5.74) is 15.4. The van der Waals surface area contributed by atoms with E-state index >= 15 is 0 Å². The fraction of sp³-hybridized carbons (Fsp3) is 0.0172. The lowest BCUT2D eigenvalue weighted by atomic mass is 9.66. The normalized spacial score (nSPS) is 12.6. The molecule has 0 unspecified atom stereocenters. The molecule has 2 aromatic heterocycles. The standard InChI is InChI=1S/C58H37N3O/c1-5-17-38(18-6-1)39-31-33-41(34-32-39)55-59-56(42-35-36-48-52(37-42)62-51-30-16-26-45(53(48)51)40-19-7-2-8-20-40)61-57(60-55)49-28-15-27-47-46-25-13-14-29-50(46)58(54(47)49,43-21-9-3-10-22-43)44-23-11-4-12-24-44/h1-37H. The zero-order chi connectivity index (χ0) is 41.0. The summed E-state index contributed by atoms with van der Waals surface area (Å²) in [4.78, 5) is 16.1. The second-order valence-electron chi connectivity index (χ2n) is 15.9. The number of aromatic nitrogens is 3. The summed E-state index contributed by atoms with van der Waals surface area (Å²) in [6.07, 6.45) is 0. The summed E-state index contributed by atoms with van der Waals surface area (Å²) >= 11 is 0. The predicted molar refractivity (Wildman–Crippen MR) is 252 cm³/mol. The van der Waals surface area contributed by atoms with Crippen LogP contribution in [0.4, 0.5) is 0 Å². The van der Waals surface area contributed by atoms with Gasteiger partial charge < -0.3 is 4.42 Å². The molecule has 0 atom stereocenters. The largest absolute Gasteiger partial charge is 0.456 e. The van der Waals surface area contributed by atoms with Gasteiger partial charge in [-0.25, -0.2) is 15.0 Å². The van der Waals surface area contributed by atoms with Crippen LogP contribution in [-0.2, 0) is 5.41 Å². The van der Waals surface area contributed by atoms with Gasteiger partial charge in [-0.2, -0.15) is 0 Å². The van der Waals surface area contributed by atoms with E-state index in [4.69, 9.17) is 19.4 Å². The molecule has 0 N–H and O–H groups in total. The Bertz CT molecular complexity index is 3390. The maximum absolute atomic E-state index is 6.61. The minimum atomic E-state index is -0.640. The first-order chi connectivity index (χ1) is 30.7. The van der Waals surface area contributed by atoms with Crippen molar-refractivity contribution in [3.63, 3.8) is 0 Å². The van der Waals surface area contributed by atoms with E-state index < -0.39 is 5.41 Å². The molecule has 9 aromatic carbocycles. The first kappa shape index (κ1) is 35.7. The monoisotopic (exact) mass is 791 g/mol. The topological polar surface area (TPSA) is 51.8 Å². The van der Waals surface area contributed by atoms with Gasteiger partial charge in [0.1, 0.15) is 11.2 Å². The van der Waals surface area contributed by atoms with E-state index in [1.165, 1.54) is 27.8 Å². The van der Waals surface area contributed by atoms with Crippen LogP contribution in [0.2, 0.25) is 0 Å². The van der Waals surface area contributed by atoms with Crippen molar-refractivity contribution in [1.29, 1.82) is 0 Å². The van der Waals surface area contributed by atoms with Crippen molar-refractivity contribution in [2.45, 2.75) is 5.41 Å². The third kappa shape index (κ3) is 5.65. The molecule has 0 saturated carbocycles. The summed E-state index contributed by atoms with van der Waals surface area (Å²) in [5.74, 6) is 1.77. The van der Waals surface area contributed by atoms with Gasteiger partial charge in [-0.1, -0.05) is 206 Å². The van der Waals surface area contributed by atoms with E-state index in [0.717, 1.165) is 66.4 Å². The second kappa shape index (κ2) is 14.5. The highest BCUT2D eigenvalue weighted by Crippen LogP contribution is 2.58. The molecule has 0 fully saturated rings. The average molecular weight is 792 g/mol. The van der Waals surface area contributed by atoms with Gasteiger partial charge in [-0.3, -0.25) is 0 Å². The van der Waals surface area contributed by atoms with Crippen LogP contribution in [0.5, 0.6) is 0 Å². The molecular formula is C58H37N3O. The van der Waals surface area contributed by atoms with Crippen LogP contribution < -0.4 is 0 Å². The van der Waals surface area contributed by atoms with Gasteiger partial charge in [0.2, 0.25) is 0 Å². The van der Waals surface area contributed by atoms with Crippen LogP contribution in [0, 0.1) is 0 Å². The molecule has 2 heterocycles. The molecule has 0 bridgehead atoms. The lowest BCUT2D eigenvalue weighted by Crippen LogP contribution is -2.29. The highest BCUT2D eigenvalue weighted by Gasteiger charge is 2.47. The lowest BCUT2D eigenvalue weighted by molar-refractivity contribution is 0.669. The van der Waals surface area contributed by atoms with Gasteiger partial charge in [0.15, 0.2) is 17.5 Å². The highest BCUT2D eigenvalue weighted by atomic mass is 16.3. The van der Waals surface area contributed by atoms with E-state index in [1.807, 2.05) is 18.2 Å².